The van der Waals surface area contributed by atoms with E-state index in [-0.39, 0.29) is 5.78 Å². The molecule has 5 heteroatoms. The number of thioether (sulfide) groups is 1. The van der Waals surface area contributed by atoms with Crippen molar-refractivity contribution in [3.8, 4) is 11.5 Å². The molecule has 0 N–H and O–H groups in total. The Morgan fingerprint density at radius 2 is 2.05 bits per heavy atom. The van der Waals surface area contributed by atoms with E-state index >= 15 is 0 Å². The molecule has 1 aliphatic rings. The highest BCUT2D eigenvalue weighted by atomic mass is 32.2. The number of hydrogen-bond donors (Lipinski definition) is 0. The van der Waals surface area contributed by atoms with Crippen LogP contribution >= 0.6 is 23.1 Å². The molecule has 0 atom stereocenters. The van der Waals surface area contributed by atoms with E-state index in [1.165, 1.54) is 23.1 Å². The third-order valence-corrected chi connectivity index (χ3v) is 4.58. The first-order valence-corrected chi connectivity index (χ1v) is 7.78. The number of benzene rings is 1. The lowest BCUT2D eigenvalue weighted by Crippen LogP contribution is -2.15. The van der Waals surface area contributed by atoms with E-state index < -0.39 is 0 Å². The van der Waals surface area contributed by atoms with Gasteiger partial charge in [0.05, 0.1) is 10.6 Å². The quantitative estimate of drug-likeness (QED) is 0.638. The van der Waals surface area contributed by atoms with Gasteiger partial charge in [0.25, 0.3) is 0 Å². The lowest BCUT2D eigenvalue weighted by atomic mass is 10.3. The number of ether oxygens (including phenoxy) is 2. The van der Waals surface area contributed by atoms with Crippen molar-refractivity contribution in [1.29, 1.82) is 0 Å². The summed E-state index contributed by atoms with van der Waals surface area (Å²) < 4.78 is 11.0. The van der Waals surface area contributed by atoms with Gasteiger partial charge < -0.3 is 9.47 Å². The van der Waals surface area contributed by atoms with Crippen LogP contribution in [-0.4, -0.2) is 24.7 Å². The van der Waals surface area contributed by atoms with Crippen molar-refractivity contribution in [1.82, 2.24) is 0 Å². The molecule has 0 fully saturated rings. The van der Waals surface area contributed by atoms with Crippen LogP contribution in [0.5, 0.6) is 11.5 Å². The number of fused-ring (bicyclic) bond motifs is 1. The Bertz CT molecular complexity index is 578. The average Bonchev–Trinajstić information content (AvgIpc) is 2.99. The molecule has 2 heterocycles. The van der Waals surface area contributed by atoms with E-state index in [9.17, 15) is 4.79 Å². The van der Waals surface area contributed by atoms with Gasteiger partial charge in [0.2, 0.25) is 0 Å². The predicted octanol–water partition coefficient (Wildman–Crippen LogP) is 3.49. The second kappa shape index (κ2) is 5.67. The fourth-order valence-corrected chi connectivity index (χ4v) is 3.33. The summed E-state index contributed by atoms with van der Waals surface area (Å²) in [4.78, 5) is 13.7. The standard InChI is InChI=1S/C14H12O3S2/c15-11(14-2-1-7-18-14)9-19-10-3-4-12-13(8-10)17-6-5-16-12/h1-4,7-8H,5-6,9H2. The van der Waals surface area contributed by atoms with Crippen LogP contribution < -0.4 is 9.47 Å². The van der Waals surface area contributed by atoms with Crippen LogP contribution in [0, 0.1) is 0 Å². The van der Waals surface area contributed by atoms with Crippen LogP contribution in [0.25, 0.3) is 0 Å². The molecule has 0 amide bonds. The minimum Gasteiger partial charge on any atom is -0.486 e. The summed E-state index contributed by atoms with van der Waals surface area (Å²) in [6.07, 6.45) is 0. The van der Waals surface area contributed by atoms with Gasteiger partial charge in [-0.25, -0.2) is 0 Å². The highest BCUT2D eigenvalue weighted by Gasteiger charge is 2.13. The van der Waals surface area contributed by atoms with Gasteiger partial charge in [0.15, 0.2) is 17.3 Å². The highest BCUT2D eigenvalue weighted by molar-refractivity contribution is 8.00. The minimum atomic E-state index is 0.162. The maximum absolute atomic E-state index is 11.9. The van der Waals surface area contributed by atoms with Crippen molar-refractivity contribution in [2.75, 3.05) is 19.0 Å². The number of carbonyl (C=O) groups is 1. The Morgan fingerprint density at radius 1 is 1.21 bits per heavy atom. The van der Waals surface area contributed by atoms with E-state index in [4.69, 9.17) is 9.47 Å². The number of hydrogen-bond acceptors (Lipinski definition) is 5. The van der Waals surface area contributed by atoms with Crippen LogP contribution in [0.1, 0.15) is 9.67 Å². The fraction of sp³-hybridized carbons (Fsp3) is 0.214. The van der Waals surface area contributed by atoms with Gasteiger partial charge in [-0.05, 0) is 29.6 Å². The smallest absolute Gasteiger partial charge is 0.182 e. The monoisotopic (exact) mass is 292 g/mol. The van der Waals surface area contributed by atoms with Crippen molar-refractivity contribution < 1.29 is 14.3 Å². The molecule has 1 aliphatic heterocycles. The molecule has 98 valence electrons. The van der Waals surface area contributed by atoms with Crippen LogP contribution in [-0.2, 0) is 0 Å². The molecule has 19 heavy (non-hydrogen) atoms. The van der Waals surface area contributed by atoms with E-state index in [1.807, 2.05) is 35.7 Å². The Kier molecular flexibility index (Phi) is 3.75. The molecule has 0 spiro atoms. The molecule has 2 aromatic rings. The first kappa shape index (κ1) is 12.6. The van der Waals surface area contributed by atoms with E-state index in [2.05, 4.69) is 0 Å². The molecule has 0 radical (unpaired) electrons. The number of carbonyl (C=O) groups excluding carboxylic acids is 1. The molecule has 0 unspecified atom stereocenters. The molecule has 3 rings (SSSR count). The first-order chi connectivity index (χ1) is 9.33. The average molecular weight is 292 g/mol. The Hall–Kier alpha value is -1.46. The Labute approximate surface area is 119 Å². The zero-order chi connectivity index (χ0) is 13.1. The van der Waals surface area contributed by atoms with Crippen LogP contribution in [0.2, 0.25) is 0 Å². The van der Waals surface area contributed by atoms with E-state index in [0.717, 1.165) is 21.3 Å². The molecule has 1 aromatic heterocycles. The molecule has 0 saturated carbocycles. The Balaban J connectivity index is 1.65. The largest absolute Gasteiger partial charge is 0.486 e. The summed E-state index contributed by atoms with van der Waals surface area (Å²) in [5.41, 5.74) is 0. The van der Waals surface area contributed by atoms with Gasteiger partial charge in [0, 0.05) is 4.90 Å². The van der Waals surface area contributed by atoms with Gasteiger partial charge in [0.1, 0.15) is 13.2 Å². The summed E-state index contributed by atoms with van der Waals surface area (Å²) in [6.45, 7) is 1.17. The van der Waals surface area contributed by atoms with E-state index in [1.54, 1.807) is 0 Å². The number of ketones is 1. The van der Waals surface area contributed by atoms with Gasteiger partial charge in [-0.3, -0.25) is 4.79 Å². The van der Waals surface area contributed by atoms with Gasteiger partial charge >= 0.3 is 0 Å². The van der Waals surface area contributed by atoms with Crippen LogP contribution in [0.4, 0.5) is 0 Å². The first-order valence-electron chi connectivity index (χ1n) is 5.92. The summed E-state index contributed by atoms with van der Waals surface area (Å²) in [7, 11) is 0. The topological polar surface area (TPSA) is 35.5 Å². The molecule has 0 saturated heterocycles. The van der Waals surface area contributed by atoms with Gasteiger partial charge in [-0.1, -0.05) is 6.07 Å². The number of thiophene rings is 1. The number of Topliss-reactive ketones (excluding diaryl/α,β-unsaturated/α-hetero) is 1. The minimum absolute atomic E-state index is 0.162. The third-order valence-electron chi connectivity index (χ3n) is 2.68. The summed E-state index contributed by atoms with van der Waals surface area (Å²) in [6, 6.07) is 9.54. The second-order valence-corrected chi connectivity index (χ2v) is 5.99. The van der Waals surface area contributed by atoms with Crippen LogP contribution in [0.15, 0.2) is 40.6 Å². The maximum Gasteiger partial charge on any atom is 0.182 e. The zero-order valence-corrected chi connectivity index (χ0v) is 11.8. The summed E-state index contributed by atoms with van der Waals surface area (Å²) in [5, 5.41) is 1.92. The third kappa shape index (κ3) is 2.93. The van der Waals surface area contributed by atoms with Gasteiger partial charge in [-0.15, -0.1) is 23.1 Å². The van der Waals surface area contributed by atoms with Crippen molar-refractivity contribution in [3.63, 3.8) is 0 Å². The second-order valence-electron chi connectivity index (χ2n) is 3.99. The van der Waals surface area contributed by atoms with E-state index in [0.29, 0.717) is 19.0 Å². The van der Waals surface area contributed by atoms with Crippen molar-refractivity contribution >= 4 is 28.9 Å². The normalized spacial score (nSPS) is 13.3. The lowest BCUT2D eigenvalue weighted by molar-refractivity contribution is 0.102. The SMILES string of the molecule is O=C(CSc1ccc2c(c1)OCCO2)c1cccs1. The summed E-state index contributed by atoms with van der Waals surface area (Å²) >= 11 is 3.00. The van der Waals surface area contributed by atoms with Crippen molar-refractivity contribution in [3.05, 3.63) is 40.6 Å². The fourth-order valence-electron chi connectivity index (χ4n) is 1.77. The molecule has 0 aliphatic carbocycles. The molecule has 1 aromatic carbocycles. The molecule has 3 nitrogen and oxygen atoms in total. The Morgan fingerprint density at radius 3 is 2.84 bits per heavy atom. The number of rotatable bonds is 4. The van der Waals surface area contributed by atoms with Gasteiger partial charge in [-0.2, -0.15) is 0 Å². The summed E-state index contributed by atoms with van der Waals surface area (Å²) in [5.74, 6) is 2.15. The zero-order valence-electron chi connectivity index (χ0n) is 10.1. The molecular weight excluding hydrogens is 280 g/mol. The van der Waals surface area contributed by atoms with Crippen molar-refractivity contribution in [2.24, 2.45) is 0 Å². The lowest BCUT2D eigenvalue weighted by Gasteiger charge is -2.18. The highest BCUT2D eigenvalue weighted by Crippen LogP contribution is 2.34. The molecule has 0 bridgehead atoms. The maximum atomic E-state index is 11.9. The van der Waals surface area contributed by atoms with Crippen molar-refractivity contribution in [2.45, 2.75) is 4.90 Å². The predicted molar refractivity (Wildman–Crippen MR) is 76.8 cm³/mol. The van der Waals surface area contributed by atoms with Crippen LogP contribution in [0.3, 0.4) is 0 Å². The molecular formula is C14H12O3S2.